The number of nitrogens with one attached hydrogen (secondary N) is 2. The van der Waals surface area contributed by atoms with Crippen molar-refractivity contribution in [2.24, 2.45) is 0 Å². The van der Waals surface area contributed by atoms with Crippen LogP contribution in [0.3, 0.4) is 0 Å². The SMILES string of the molecule is Cc1nn(CCNC(C)C)c(C)c1S(=O)(=O)NC1(C)CC1. The highest BCUT2D eigenvalue weighted by Crippen LogP contribution is 2.36. The van der Waals surface area contributed by atoms with Crippen LogP contribution in [0.1, 0.15) is 45.0 Å². The molecular formula is C14H26N4O2S. The third-order valence-corrected chi connectivity index (χ3v) is 5.73. The maximum atomic E-state index is 12.5. The van der Waals surface area contributed by atoms with Crippen LogP contribution in [0, 0.1) is 13.8 Å². The standard InChI is InChI=1S/C14H26N4O2S/c1-10(2)15-8-9-18-12(4)13(11(3)16-18)21(19,20)17-14(5)6-7-14/h10,15,17H,6-9H2,1-5H3. The highest BCUT2D eigenvalue weighted by atomic mass is 32.2. The predicted octanol–water partition coefficient (Wildman–Crippen LogP) is 1.33. The van der Waals surface area contributed by atoms with Gasteiger partial charge in [0.25, 0.3) is 0 Å². The van der Waals surface area contributed by atoms with E-state index in [2.05, 4.69) is 29.0 Å². The smallest absolute Gasteiger partial charge is 0.244 e. The van der Waals surface area contributed by atoms with E-state index in [0.717, 1.165) is 19.4 Å². The third kappa shape index (κ3) is 3.84. The molecule has 1 aromatic rings. The maximum absolute atomic E-state index is 12.5. The van der Waals surface area contributed by atoms with Crippen molar-refractivity contribution in [2.75, 3.05) is 6.54 Å². The van der Waals surface area contributed by atoms with E-state index in [1.165, 1.54) is 0 Å². The van der Waals surface area contributed by atoms with Gasteiger partial charge in [0.2, 0.25) is 10.0 Å². The first kappa shape index (κ1) is 16.5. The van der Waals surface area contributed by atoms with Crippen LogP contribution in [0.5, 0.6) is 0 Å². The molecule has 1 saturated carbocycles. The van der Waals surface area contributed by atoms with Crippen LogP contribution >= 0.6 is 0 Å². The van der Waals surface area contributed by atoms with Crippen LogP contribution in [0.2, 0.25) is 0 Å². The van der Waals surface area contributed by atoms with E-state index >= 15 is 0 Å². The summed E-state index contributed by atoms with van der Waals surface area (Å²) < 4.78 is 29.7. The zero-order valence-electron chi connectivity index (χ0n) is 13.5. The molecule has 1 heterocycles. The third-order valence-electron chi connectivity index (χ3n) is 3.84. The molecule has 7 heteroatoms. The summed E-state index contributed by atoms with van der Waals surface area (Å²) >= 11 is 0. The van der Waals surface area contributed by atoms with Crippen molar-refractivity contribution in [3.8, 4) is 0 Å². The lowest BCUT2D eigenvalue weighted by Crippen LogP contribution is -2.34. The molecule has 1 aromatic heterocycles. The lowest BCUT2D eigenvalue weighted by Gasteiger charge is -2.13. The van der Waals surface area contributed by atoms with E-state index in [9.17, 15) is 8.42 Å². The molecular weight excluding hydrogens is 288 g/mol. The molecule has 0 unspecified atom stereocenters. The van der Waals surface area contributed by atoms with Gasteiger partial charge in [0, 0.05) is 18.1 Å². The topological polar surface area (TPSA) is 76.0 Å². The van der Waals surface area contributed by atoms with Crippen LogP contribution in [0.25, 0.3) is 0 Å². The largest absolute Gasteiger partial charge is 0.313 e. The highest BCUT2D eigenvalue weighted by Gasteiger charge is 2.42. The normalized spacial score (nSPS) is 17.4. The minimum absolute atomic E-state index is 0.265. The molecule has 0 radical (unpaired) electrons. The first-order valence-electron chi connectivity index (χ1n) is 7.46. The fraction of sp³-hybridized carbons (Fsp3) is 0.786. The molecule has 6 nitrogen and oxygen atoms in total. The van der Waals surface area contributed by atoms with Crippen molar-refractivity contribution in [1.29, 1.82) is 0 Å². The minimum atomic E-state index is -3.49. The van der Waals surface area contributed by atoms with Gasteiger partial charge in [0.15, 0.2) is 0 Å². The number of rotatable bonds is 7. The van der Waals surface area contributed by atoms with Gasteiger partial charge in [-0.1, -0.05) is 13.8 Å². The Balaban J connectivity index is 2.18. The molecule has 2 rings (SSSR count). The lowest BCUT2D eigenvalue weighted by molar-refractivity contribution is 0.506. The van der Waals surface area contributed by atoms with Crippen molar-refractivity contribution < 1.29 is 8.42 Å². The van der Waals surface area contributed by atoms with E-state index in [1.807, 2.05) is 13.8 Å². The molecule has 0 aromatic carbocycles. The number of aryl methyl sites for hydroxylation is 1. The first-order valence-corrected chi connectivity index (χ1v) is 8.94. The summed E-state index contributed by atoms with van der Waals surface area (Å²) in [6, 6.07) is 0.404. The molecule has 0 aliphatic heterocycles. The zero-order valence-corrected chi connectivity index (χ0v) is 14.3. The monoisotopic (exact) mass is 314 g/mol. The van der Waals surface area contributed by atoms with Gasteiger partial charge in [0.05, 0.1) is 17.9 Å². The maximum Gasteiger partial charge on any atom is 0.244 e. The van der Waals surface area contributed by atoms with Gasteiger partial charge in [-0.15, -0.1) is 0 Å². The van der Waals surface area contributed by atoms with Crippen molar-refractivity contribution in [1.82, 2.24) is 19.8 Å². The molecule has 0 bridgehead atoms. The van der Waals surface area contributed by atoms with Gasteiger partial charge >= 0.3 is 0 Å². The Labute approximate surface area is 127 Å². The minimum Gasteiger partial charge on any atom is -0.313 e. The van der Waals surface area contributed by atoms with E-state index in [1.54, 1.807) is 11.6 Å². The molecule has 1 aliphatic rings. The Kier molecular flexibility index (Phi) is 4.46. The van der Waals surface area contributed by atoms with E-state index < -0.39 is 10.0 Å². The lowest BCUT2D eigenvalue weighted by atomic mass is 10.4. The second kappa shape index (κ2) is 5.70. The van der Waals surface area contributed by atoms with Gasteiger partial charge in [-0.25, -0.2) is 13.1 Å². The Morgan fingerprint density at radius 2 is 1.95 bits per heavy atom. The molecule has 21 heavy (non-hydrogen) atoms. The summed E-state index contributed by atoms with van der Waals surface area (Å²) in [5.74, 6) is 0. The first-order chi connectivity index (χ1) is 9.65. The van der Waals surface area contributed by atoms with Crippen molar-refractivity contribution in [3.63, 3.8) is 0 Å². The number of hydrogen-bond donors (Lipinski definition) is 2. The van der Waals surface area contributed by atoms with Gasteiger partial charge < -0.3 is 5.32 Å². The van der Waals surface area contributed by atoms with Crippen LogP contribution in [-0.4, -0.2) is 36.3 Å². The molecule has 0 saturated heterocycles. The predicted molar refractivity (Wildman–Crippen MR) is 82.8 cm³/mol. The molecule has 0 atom stereocenters. The summed E-state index contributed by atoms with van der Waals surface area (Å²) in [5, 5.41) is 7.69. The van der Waals surface area contributed by atoms with Gasteiger partial charge in [-0.2, -0.15) is 5.10 Å². The van der Waals surface area contributed by atoms with E-state index in [-0.39, 0.29) is 5.54 Å². The average Bonchev–Trinajstić information content (AvgIpc) is 2.95. The Morgan fingerprint density at radius 1 is 1.33 bits per heavy atom. The molecule has 2 N–H and O–H groups in total. The van der Waals surface area contributed by atoms with Crippen molar-refractivity contribution >= 4 is 10.0 Å². The highest BCUT2D eigenvalue weighted by molar-refractivity contribution is 7.89. The second-order valence-corrected chi connectivity index (χ2v) is 8.12. The summed E-state index contributed by atoms with van der Waals surface area (Å²) in [4.78, 5) is 0.333. The Morgan fingerprint density at radius 3 is 2.48 bits per heavy atom. The fourth-order valence-corrected chi connectivity index (χ4v) is 4.29. The van der Waals surface area contributed by atoms with Crippen LogP contribution in [0.15, 0.2) is 4.90 Å². The fourth-order valence-electron chi connectivity index (χ4n) is 2.41. The van der Waals surface area contributed by atoms with Crippen LogP contribution in [0.4, 0.5) is 0 Å². The van der Waals surface area contributed by atoms with Gasteiger partial charge in [0.1, 0.15) is 4.90 Å². The molecule has 0 spiro atoms. The van der Waals surface area contributed by atoms with Crippen molar-refractivity contribution in [2.45, 2.75) is 70.5 Å². The summed E-state index contributed by atoms with van der Waals surface area (Å²) in [5.41, 5.74) is 1.00. The summed E-state index contributed by atoms with van der Waals surface area (Å²) in [7, 11) is -3.49. The van der Waals surface area contributed by atoms with Gasteiger partial charge in [-0.05, 0) is 33.6 Å². The average molecular weight is 314 g/mol. The van der Waals surface area contributed by atoms with Crippen LogP contribution < -0.4 is 10.0 Å². The molecule has 1 aliphatic carbocycles. The second-order valence-electron chi connectivity index (χ2n) is 6.50. The Bertz CT molecular complexity index is 615. The summed E-state index contributed by atoms with van der Waals surface area (Å²) in [6.07, 6.45) is 1.80. The molecule has 1 fully saturated rings. The quantitative estimate of drug-likeness (QED) is 0.796. The Hall–Kier alpha value is -0.920. The van der Waals surface area contributed by atoms with Gasteiger partial charge in [-0.3, -0.25) is 4.68 Å². The van der Waals surface area contributed by atoms with E-state index in [4.69, 9.17) is 0 Å². The summed E-state index contributed by atoms with van der Waals surface area (Å²) in [6.45, 7) is 11.1. The number of sulfonamides is 1. The van der Waals surface area contributed by atoms with E-state index in [0.29, 0.717) is 28.9 Å². The van der Waals surface area contributed by atoms with Crippen LogP contribution in [-0.2, 0) is 16.6 Å². The van der Waals surface area contributed by atoms with Crippen molar-refractivity contribution in [3.05, 3.63) is 11.4 Å². The number of aromatic nitrogens is 2. The number of nitrogens with zero attached hydrogens (tertiary/aromatic N) is 2. The zero-order chi connectivity index (χ0) is 15.8. The molecule has 0 amide bonds. The molecule has 120 valence electrons. The number of hydrogen-bond acceptors (Lipinski definition) is 4.